The van der Waals surface area contributed by atoms with Crippen LogP contribution in [0.15, 0.2) is 54.7 Å². The molecule has 0 atom stereocenters. The summed E-state index contributed by atoms with van der Waals surface area (Å²) in [6.07, 6.45) is 3.92. The maximum absolute atomic E-state index is 12.9. The topological polar surface area (TPSA) is 63.2 Å². The van der Waals surface area contributed by atoms with Crippen LogP contribution in [0.3, 0.4) is 0 Å². The van der Waals surface area contributed by atoms with Gasteiger partial charge in [-0.25, -0.2) is 4.98 Å². The van der Waals surface area contributed by atoms with Crippen molar-refractivity contribution in [3.8, 4) is 0 Å². The lowest BCUT2D eigenvalue weighted by Gasteiger charge is -2.31. The standard InChI is InChI=1S/C25H27N3O2/c1-17(2)15-18-7-9-19(10-8-18)24(29)20-11-13-28(14-12-20)25(30)23-16-26-21-5-3-4-6-22(21)27-23/h3-10,16-17,20H,11-15H2,1-2H3. The van der Waals surface area contributed by atoms with E-state index in [1.807, 2.05) is 36.4 Å². The van der Waals surface area contributed by atoms with Gasteiger partial charge in [-0.05, 0) is 42.9 Å². The second kappa shape index (κ2) is 8.74. The predicted molar refractivity (Wildman–Crippen MR) is 117 cm³/mol. The minimum atomic E-state index is -0.114. The summed E-state index contributed by atoms with van der Waals surface area (Å²) in [7, 11) is 0. The highest BCUT2D eigenvalue weighted by Crippen LogP contribution is 2.23. The molecule has 1 aliphatic heterocycles. The first kappa shape index (κ1) is 20.2. The molecule has 3 aromatic rings. The molecule has 1 amide bonds. The lowest BCUT2D eigenvalue weighted by atomic mass is 9.88. The van der Waals surface area contributed by atoms with Gasteiger partial charge in [-0.3, -0.25) is 14.6 Å². The van der Waals surface area contributed by atoms with Crippen LogP contribution in [0.25, 0.3) is 11.0 Å². The summed E-state index contributed by atoms with van der Waals surface area (Å²) in [5.74, 6) is 0.634. The first-order valence-corrected chi connectivity index (χ1v) is 10.7. The van der Waals surface area contributed by atoms with Crippen LogP contribution >= 0.6 is 0 Å². The number of carbonyl (C=O) groups is 2. The van der Waals surface area contributed by atoms with Crippen molar-refractivity contribution in [2.75, 3.05) is 13.1 Å². The van der Waals surface area contributed by atoms with E-state index in [-0.39, 0.29) is 17.6 Å². The van der Waals surface area contributed by atoms with Crippen LogP contribution in [0.5, 0.6) is 0 Å². The Morgan fingerprint density at radius 3 is 2.33 bits per heavy atom. The van der Waals surface area contributed by atoms with Crippen LogP contribution < -0.4 is 0 Å². The van der Waals surface area contributed by atoms with Crippen molar-refractivity contribution in [2.24, 2.45) is 11.8 Å². The average Bonchev–Trinajstić information content (AvgIpc) is 2.78. The zero-order valence-electron chi connectivity index (χ0n) is 17.5. The van der Waals surface area contributed by atoms with Gasteiger partial charge in [0.05, 0.1) is 17.2 Å². The molecule has 0 spiro atoms. The molecule has 5 heteroatoms. The van der Waals surface area contributed by atoms with Gasteiger partial charge in [-0.1, -0.05) is 50.2 Å². The van der Waals surface area contributed by atoms with Gasteiger partial charge in [-0.15, -0.1) is 0 Å². The van der Waals surface area contributed by atoms with E-state index in [0.29, 0.717) is 43.1 Å². The second-order valence-electron chi connectivity index (χ2n) is 8.47. The normalized spacial score (nSPS) is 15.0. The Kier molecular flexibility index (Phi) is 5.88. The molecular formula is C25H27N3O2. The van der Waals surface area contributed by atoms with E-state index in [2.05, 4.69) is 35.9 Å². The number of likely N-dealkylation sites (tertiary alicyclic amines) is 1. The molecule has 2 heterocycles. The summed E-state index contributed by atoms with van der Waals surface area (Å²) >= 11 is 0. The van der Waals surface area contributed by atoms with E-state index in [9.17, 15) is 9.59 Å². The fourth-order valence-corrected chi connectivity index (χ4v) is 4.08. The third kappa shape index (κ3) is 4.40. The number of fused-ring (bicyclic) bond motifs is 1. The van der Waals surface area contributed by atoms with Crippen LogP contribution in [-0.2, 0) is 6.42 Å². The summed E-state index contributed by atoms with van der Waals surface area (Å²) in [5.41, 5.74) is 3.89. The smallest absolute Gasteiger partial charge is 0.274 e. The predicted octanol–water partition coefficient (Wildman–Crippen LogP) is 4.56. The number of ketones is 1. The molecule has 4 rings (SSSR count). The van der Waals surface area contributed by atoms with Crippen molar-refractivity contribution in [1.82, 2.24) is 14.9 Å². The third-order valence-corrected chi connectivity index (χ3v) is 5.70. The van der Waals surface area contributed by atoms with Crippen molar-refractivity contribution >= 4 is 22.7 Å². The molecule has 1 saturated heterocycles. The van der Waals surface area contributed by atoms with Crippen molar-refractivity contribution in [1.29, 1.82) is 0 Å². The molecule has 154 valence electrons. The Labute approximate surface area is 177 Å². The molecule has 0 bridgehead atoms. The summed E-state index contributed by atoms with van der Waals surface area (Å²) < 4.78 is 0. The van der Waals surface area contributed by atoms with Crippen LogP contribution in [-0.4, -0.2) is 39.6 Å². The maximum Gasteiger partial charge on any atom is 0.274 e. The number of para-hydroxylation sites is 2. The van der Waals surface area contributed by atoms with Crippen LogP contribution in [0, 0.1) is 11.8 Å². The van der Waals surface area contributed by atoms with Gasteiger partial charge in [0.2, 0.25) is 0 Å². The summed E-state index contributed by atoms with van der Waals surface area (Å²) in [4.78, 5) is 36.3. The number of hydrogen-bond acceptors (Lipinski definition) is 4. The Hall–Kier alpha value is -3.08. The highest BCUT2D eigenvalue weighted by molar-refractivity contribution is 5.98. The molecule has 1 fully saturated rings. The Balaban J connectivity index is 1.37. The zero-order chi connectivity index (χ0) is 21.1. The molecule has 2 aromatic carbocycles. The fourth-order valence-electron chi connectivity index (χ4n) is 4.08. The Morgan fingerprint density at radius 1 is 1.00 bits per heavy atom. The van der Waals surface area contributed by atoms with Crippen LogP contribution in [0.2, 0.25) is 0 Å². The van der Waals surface area contributed by atoms with Gasteiger partial charge < -0.3 is 4.90 Å². The average molecular weight is 402 g/mol. The number of aromatic nitrogens is 2. The van der Waals surface area contributed by atoms with Gasteiger partial charge in [0.15, 0.2) is 5.78 Å². The molecular weight excluding hydrogens is 374 g/mol. The number of Topliss-reactive ketones (excluding diaryl/α,β-unsaturated/α-hetero) is 1. The van der Waals surface area contributed by atoms with E-state index in [1.165, 1.54) is 5.56 Å². The zero-order valence-corrected chi connectivity index (χ0v) is 17.5. The van der Waals surface area contributed by atoms with Crippen molar-refractivity contribution in [2.45, 2.75) is 33.1 Å². The van der Waals surface area contributed by atoms with E-state index < -0.39 is 0 Å². The Bertz CT molecular complexity index is 1050. The van der Waals surface area contributed by atoms with Crippen LogP contribution in [0.1, 0.15) is 53.1 Å². The number of benzene rings is 2. The van der Waals surface area contributed by atoms with Crippen LogP contribution in [0.4, 0.5) is 0 Å². The van der Waals surface area contributed by atoms with Gasteiger partial charge in [-0.2, -0.15) is 0 Å². The summed E-state index contributed by atoms with van der Waals surface area (Å²) in [6, 6.07) is 15.5. The molecule has 30 heavy (non-hydrogen) atoms. The fraction of sp³-hybridized carbons (Fsp3) is 0.360. The van der Waals surface area contributed by atoms with E-state index >= 15 is 0 Å². The molecule has 0 N–H and O–H groups in total. The number of hydrogen-bond donors (Lipinski definition) is 0. The maximum atomic E-state index is 12.9. The van der Waals surface area contributed by atoms with Gasteiger partial charge >= 0.3 is 0 Å². The lowest BCUT2D eigenvalue weighted by molar-refractivity contribution is 0.0645. The van der Waals surface area contributed by atoms with E-state index in [1.54, 1.807) is 11.1 Å². The SMILES string of the molecule is CC(C)Cc1ccc(C(=O)C2CCN(C(=O)c3cnc4ccccc4n3)CC2)cc1. The number of amides is 1. The van der Waals surface area contributed by atoms with Crippen molar-refractivity contribution in [3.05, 3.63) is 71.5 Å². The number of piperidine rings is 1. The van der Waals surface area contributed by atoms with E-state index in [4.69, 9.17) is 0 Å². The van der Waals surface area contributed by atoms with Gasteiger partial charge in [0.25, 0.3) is 5.91 Å². The lowest BCUT2D eigenvalue weighted by Crippen LogP contribution is -2.40. The molecule has 5 nitrogen and oxygen atoms in total. The first-order chi connectivity index (χ1) is 14.5. The largest absolute Gasteiger partial charge is 0.337 e. The molecule has 0 unspecified atom stereocenters. The monoisotopic (exact) mass is 401 g/mol. The summed E-state index contributed by atoms with van der Waals surface area (Å²) in [5, 5.41) is 0. The Morgan fingerprint density at radius 2 is 1.67 bits per heavy atom. The molecule has 0 aliphatic carbocycles. The quantitative estimate of drug-likeness (QED) is 0.588. The summed E-state index contributed by atoms with van der Waals surface area (Å²) in [6.45, 7) is 5.51. The first-order valence-electron chi connectivity index (χ1n) is 10.7. The molecule has 1 aliphatic rings. The van der Waals surface area contributed by atoms with Gasteiger partial charge in [0, 0.05) is 24.6 Å². The minimum absolute atomic E-state index is 0.0345. The minimum Gasteiger partial charge on any atom is -0.337 e. The molecule has 0 saturated carbocycles. The second-order valence-corrected chi connectivity index (χ2v) is 8.47. The highest BCUT2D eigenvalue weighted by atomic mass is 16.2. The van der Waals surface area contributed by atoms with Crippen molar-refractivity contribution in [3.63, 3.8) is 0 Å². The highest BCUT2D eigenvalue weighted by Gasteiger charge is 2.29. The van der Waals surface area contributed by atoms with E-state index in [0.717, 1.165) is 17.5 Å². The third-order valence-electron chi connectivity index (χ3n) is 5.70. The molecule has 0 radical (unpaired) electrons. The van der Waals surface area contributed by atoms with Crippen molar-refractivity contribution < 1.29 is 9.59 Å². The molecule has 1 aromatic heterocycles. The van der Waals surface area contributed by atoms with Gasteiger partial charge in [0.1, 0.15) is 5.69 Å². The number of rotatable bonds is 5. The number of carbonyl (C=O) groups excluding carboxylic acids is 2. The number of nitrogens with zero attached hydrogens (tertiary/aromatic N) is 3.